The molecule has 0 atom stereocenters. The number of allylic oxidation sites excluding steroid dienone is 5. The highest BCUT2D eigenvalue weighted by atomic mass is 35.5. The second kappa shape index (κ2) is 7.27. The van der Waals surface area contributed by atoms with Crippen LogP contribution in [0.2, 0.25) is 0 Å². The molecule has 0 N–H and O–H groups in total. The molecule has 0 aliphatic rings. The van der Waals surface area contributed by atoms with Crippen molar-refractivity contribution < 1.29 is 4.39 Å². The van der Waals surface area contributed by atoms with Gasteiger partial charge in [-0.15, -0.1) is 0 Å². The highest BCUT2D eigenvalue weighted by molar-refractivity contribution is 6.30. The van der Waals surface area contributed by atoms with E-state index >= 15 is 0 Å². The summed E-state index contributed by atoms with van der Waals surface area (Å²) in [6, 6.07) is 0. The normalized spacial score (nSPS) is 13.4. The zero-order chi connectivity index (χ0) is 11.0. The van der Waals surface area contributed by atoms with Gasteiger partial charge < -0.3 is 0 Å². The van der Waals surface area contributed by atoms with Crippen molar-refractivity contribution in [1.82, 2.24) is 0 Å². The van der Waals surface area contributed by atoms with E-state index in [4.69, 9.17) is 11.6 Å². The molecule has 0 radical (unpaired) electrons. The topological polar surface area (TPSA) is 12.4 Å². The van der Waals surface area contributed by atoms with Crippen LogP contribution in [-0.2, 0) is 0 Å². The van der Waals surface area contributed by atoms with E-state index in [-0.39, 0.29) is 11.4 Å². The summed E-state index contributed by atoms with van der Waals surface area (Å²) in [5.41, 5.74) is 0.246. The largest absolute Gasteiger partial charge is 0.287 e. The summed E-state index contributed by atoms with van der Waals surface area (Å²) in [5, 5.41) is 0.546. The predicted molar refractivity (Wildman–Crippen MR) is 61.5 cm³/mol. The first-order valence-corrected chi connectivity index (χ1v) is 4.47. The molecule has 76 valence electrons. The minimum Gasteiger partial charge on any atom is -0.287 e. The Balaban J connectivity index is 4.14. The monoisotopic (exact) mass is 213 g/mol. The Labute approximate surface area is 89.0 Å². The molecule has 0 aromatic carbocycles. The summed E-state index contributed by atoms with van der Waals surface area (Å²) in [6.07, 6.45) is 5.89. The Morgan fingerprint density at radius 2 is 2.21 bits per heavy atom. The fourth-order valence-electron chi connectivity index (χ4n) is 0.671. The zero-order valence-corrected chi connectivity index (χ0v) is 8.89. The van der Waals surface area contributed by atoms with Crippen molar-refractivity contribution in [2.24, 2.45) is 4.99 Å². The molecule has 3 heteroatoms. The summed E-state index contributed by atoms with van der Waals surface area (Å²) in [6.45, 7) is 8.88. The average Bonchev–Trinajstić information content (AvgIpc) is 2.16. The number of halogens is 2. The van der Waals surface area contributed by atoms with Crippen LogP contribution in [0.15, 0.2) is 52.8 Å². The molecule has 0 bridgehead atoms. The minimum atomic E-state index is -0.377. The lowest BCUT2D eigenvalue weighted by molar-refractivity contribution is 0.659. The second-order valence-electron chi connectivity index (χ2n) is 2.48. The molecule has 0 aliphatic heterocycles. The van der Waals surface area contributed by atoms with Crippen LogP contribution in [0.3, 0.4) is 0 Å². The van der Waals surface area contributed by atoms with Crippen LogP contribution in [0.4, 0.5) is 4.39 Å². The third-order valence-electron chi connectivity index (χ3n) is 1.35. The molecule has 1 nitrogen and oxygen atoms in total. The third kappa shape index (κ3) is 5.49. The molecule has 0 fully saturated rings. The molecule has 0 amide bonds. The Kier molecular flexibility index (Phi) is 6.68. The lowest BCUT2D eigenvalue weighted by Gasteiger charge is -1.94. The van der Waals surface area contributed by atoms with E-state index in [1.54, 1.807) is 19.1 Å². The molecule has 0 spiro atoms. The van der Waals surface area contributed by atoms with Gasteiger partial charge in [0.2, 0.25) is 0 Å². The molecule has 0 aromatic rings. The summed E-state index contributed by atoms with van der Waals surface area (Å²) < 4.78 is 12.8. The molecule has 0 rings (SSSR count). The van der Waals surface area contributed by atoms with E-state index in [1.807, 2.05) is 0 Å². The first-order chi connectivity index (χ1) is 6.61. The van der Waals surface area contributed by atoms with Gasteiger partial charge in [0.15, 0.2) is 0 Å². The SMILES string of the molecule is C=C/C=C(/Cl)CN=CC(=C)/C(F)=C\C. The molecule has 0 unspecified atom stereocenters. The van der Waals surface area contributed by atoms with Crippen LogP contribution in [0.5, 0.6) is 0 Å². The Hall–Kier alpha value is -1.15. The predicted octanol–water partition coefficient (Wildman–Crippen LogP) is 3.80. The molecule has 0 heterocycles. The van der Waals surface area contributed by atoms with E-state index < -0.39 is 0 Å². The summed E-state index contributed by atoms with van der Waals surface area (Å²) in [7, 11) is 0. The van der Waals surface area contributed by atoms with Crippen LogP contribution >= 0.6 is 11.6 Å². The van der Waals surface area contributed by atoms with Crippen LogP contribution < -0.4 is 0 Å². The minimum absolute atomic E-state index is 0.246. The van der Waals surface area contributed by atoms with Gasteiger partial charge in [0.25, 0.3) is 0 Å². The number of rotatable bonds is 5. The second-order valence-corrected chi connectivity index (χ2v) is 2.97. The van der Waals surface area contributed by atoms with Crippen LogP contribution in [0, 0.1) is 0 Å². The highest BCUT2D eigenvalue weighted by Gasteiger charge is 1.95. The molecule has 0 aliphatic carbocycles. The van der Waals surface area contributed by atoms with E-state index in [1.165, 1.54) is 12.3 Å². The van der Waals surface area contributed by atoms with Crippen molar-refractivity contribution in [2.75, 3.05) is 6.54 Å². The summed E-state index contributed by atoms with van der Waals surface area (Å²) >= 11 is 5.72. The maximum absolute atomic E-state index is 12.8. The number of hydrogen-bond acceptors (Lipinski definition) is 1. The first-order valence-electron chi connectivity index (χ1n) is 4.09. The third-order valence-corrected chi connectivity index (χ3v) is 1.59. The zero-order valence-electron chi connectivity index (χ0n) is 8.13. The van der Waals surface area contributed by atoms with E-state index in [0.29, 0.717) is 11.6 Å². The smallest absolute Gasteiger partial charge is 0.127 e. The van der Waals surface area contributed by atoms with Crippen LogP contribution in [0.1, 0.15) is 6.92 Å². The van der Waals surface area contributed by atoms with Crippen molar-refractivity contribution in [3.8, 4) is 0 Å². The fourth-order valence-corrected chi connectivity index (χ4v) is 0.829. The van der Waals surface area contributed by atoms with Gasteiger partial charge in [-0.1, -0.05) is 36.9 Å². The van der Waals surface area contributed by atoms with Gasteiger partial charge in [0, 0.05) is 16.8 Å². The molecule has 0 saturated carbocycles. The molecular formula is C11H13ClFN. The number of aliphatic imine (C=N–C) groups is 1. The first kappa shape index (κ1) is 12.8. The van der Waals surface area contributed by atoms with Gasteiger partial charge in [-0.3, -0.25) is 4.99 Å². The van der Waals surface area contributed by atoms with Gasteiger partial charge in [0.1, 0.15) is 5.83 Å². The van der Waals surface area contributed by atoms with E-state index in [2.05, 4.69) is 18.2 Å². The summed E-state index contributed by atoms with van der Waals surface area (Å²) in [4.78, 5) is 3.91. The highest BCUT2D eigenvalue weighted by Crippen LogP contribution is 2.07. The van der Waals surface area contributed by atoms with Crippen molar-refractivity contribution in [3.05, 3.63) is 47.8 Å². The van der Waals surface area contributed by atoms with Gasteiger partial charge in [-0.05, 0) is 13.0 Å². The standard InChI is InChI=1S/C11H13ClFN/c1-4-6-10(12)8-14-7-9(3)11(13)5-2/h4-7H,1,3,8H2,2H3/b10-6+,11-5+,14-7?. The van der Waals surface area contributed by atoms with E-state index in [0.717, 1.165) is 0 Å². The van der Waals surface area contributed by atoms with Crippen molar-refractivity contribution in [3.63, 3.8) is 0 Å². The molecule has 14 heavy (non-hydrogen) atoms. The van der Waals surface area contributed by atoms with Crippen molar-refractivity contribution >= 4 is 17.8 Å². The van der Waals surface area contributed by atoms with Gasteiger partial charge in [-0.2, -0.15) is 0 Å². The van der Waals surface area contributed by atoms with Gasteiger partial charge in [0.05, 0.1) is 6.54 Å². The fraction of sp³-hybridized carbons (Fsp3) is 0.182. The summed E-state index contributed by atoms with van der Waals surface area (Å²) in [5.74, 6) is -0.377. The lowest BCUT2D eigenvalue weighted by atomic mass is 10.3. The average molecular weight is 214 g/mol. The molecular weight excluding hydrogens is 201 g/mol. The Bertz CT molecular complexity index is 300. The van der Waals surface area contributed by atoms with Gasteiger partial charge in [-0.25, -0.2) is 4.39 Å². The van der Waals surface area contributed by atoms with Crippen molar-refractivity contribution in [1.29, 1.82) is 0 Å². The van der Waals surface area contributed by atoms with Crippen LogP contribution in [-0.4, -0.2) is 12.8 Å². The Morgan fingerprint density at radius 1 is 1.57 bits per heavy atom. The molecule has 0 saturated heterocycles. The number of hydrogen-bond donors (Lipinski definition) is 0. The quantitative estimate of drug-likeness (QED) is 0.487. The maximum atomic E-state index is 12.8. The molecule has 0 aromatic heterocycles. The van der Waals surface area contributed by atoms with Gasteiger partial charge >= 0.3 is 0 Å². The van der Waals surface area contributed by atoms with E-state index in [9.17, 15) is 4.39 Å². The number of nitrogens with zero attached hydrogens (tertiary/aromatic N) is 1. The Morgan fingerprint density at radius 3 is 2.71 bits per heavy atom. The lowest BCUT2D eigenvalue weighted by Crippen LogP contribution is -1.86. The van der Waals surface area contributed by atoms with Crippen LogP contribution in [0.25, 0.3) is 0 Å². The maximum Gasteiger partial charge on any atom is 0.127 e. The van der Waals surface area contributed by atoms with Crippen molar-refractivity contribution in [2.45, 2.75) is 6.92 Å².